The zero-order valence-electron chi connectivity index (χ0n) is 15.6. The highest BCUT2D eigenvalue weighted by Crippen LogP contribution is 2.40. The fourth-order valence-electron chi connectivity index (χ4n) is 3.98. The molecule has 26 heavy (non-hydrogen) atoms. The molecule has 140 valence electrons. The second kappa shape index (κ2) is 6.63. The number of fused-ring (bicyclic) bond motifs is 1. The predicted molar refractivity (Wildman–Crippen MR) is 97.1 cm³/mol. The predicted octanol–water partition coefficient (Wildman–Crippen LogP) is 1.62. The molecule has 2 aromatic rings. The van der Waals surface area contributed by atoms with E-state index in [4.69, 9.17) is 9.72 Å². The Morgan fingerprint density at radius 2 is 2.15 bits per heavy atom. The van der Waals surface area contributed by atoms with Gasteiger partial charge in [0.05, 0.1) is 29.4 Å². The molecular formula is C19H26N4O3. The van der Waals surface area contributed by atoms with Crippen molar-refractivity contribution >= 4 is 16.9 Å². The number of carbonyl (C=O) groups excluding carboxylic acids is 1. The van der Waals surface area contributed by atoms with E-state index < -0.39 is 0 Å². The van der Waals surface area contributed by atoms with Crippen LogP contribution < -0.4 is 0 Å². The molecule has 0 aromatic carbocycles. The van der Waals surface area contributed by atoms with Crippen LogP contribution in [0.15, 0.2) is 6.07 Å². The maximum atomic E-state index is 13.4. The SMILES string of the molecule is CCOC1CN(C(=O)c2cc(C3CC3)nc3c2c(C)nn3C)CC1CO. The van der Waals surface area contributed by atoms with Crippen LogP contribution in [-0.2, 0) is 11.8 Å². The third kappa shape index (κ3) is 2.89. The Bertz CT molecular complexity index is 843. The Morgan fingerprint density at radius 1 is 1.38 bits per heavy atom. The van der Waals surface area contributed by atoms with Crippen molar-refractivity contribution in [3.8, 4) is 0 Å². The minimum atomic E-state index is -0.107. The average Bonchev–Trinajstić information content (AvgIpc) is 3.34. The van der Waals surface area contributed by atoms with Crippen molar-refractivity contribution in [1.82, 2.24) is 19.7 Å². The number of aliphatic hydroxyl groups is 1. The van der Waals surface area contributed by atoms with Gasteiger partial charge in [-0.3, -0.25) is 9.48 Å². The van der Waals surface area contributed by atoms with Crippen molar-refractivity contribution in [2.45, 2.75) is 38.7 Å². The van der Waals surface area contributed by atoms with Crippen LogP contribution in [0.2, 0.25) is 0 Å². The largest absolute Gasteiger partial charge is 0.396 e. The van der Waals surface area contributed by atoms with Crippen LogP contribution >= 0.6 is 0 Å². The first kappa shape index (κ1) is 17.4. The van der Waals surface area contributed by atoms with E-state index in [-0.39, 0.29) is 24.5 Å². The molecule has 2 aromatic heterocycles. The van der Waals surface area contributed by atoms with Gasteiger partial charge in [0, 0.05) is 44.3 Å². The standard InChI is InChI=1S/C19H26N4O3/c1-4-26-16-9-23(8-13(16)10-24)19(25)14-7-15(12-5-6-12)20-18-17(14)11(2)21-22(18)3/h7,12-13,16,24H,4-6,8-10H2,1-3H3. The van der Waals surface area contributed by atoms with Crippen LogP contribution in [0.4, 0.5) is 0 Å². The first-order valence-electron chi connectivity index (χ1n) is 9.39. The van der Waals surface area contributed by atoms with Gasteiger partial charge >= 0.3 is 0 Å². The van der Waals surface area contributed by atoms with Gasteiger partial charge < -0.3 is 14.7 Å². The van der Waals surface area contributed by atoms with E-state index in [9.17, 15) is 9.90 Å². The highest BCUT2D eigenvalue weighted by atomic mass is 16.5. The van der Waals surface area contributed by atoms with E-state index in [1.165, 1.54) is 0 Å². The first-order valence-corrected chi connectivity index (χ1v) is 9.39. The van der Waals surface area contributed by atoms with Gasteiger partial charge in [0.1, 0.15) is 0 Å². The first-order chi connectivity index (χ1) is 12.5. The highest BCUT2D eigenvalue weighted by molar-refractivity contribution is 6.06. The van der Waals surface area contributed by atoms with Crippen molar-refractivity contribution in [3.05, 3.63) is 23.0 Å². The third-order valence-electron chi connectivity index (χ3n) is 5.50. The molecule has 2 atom stereocenters. The monoisotopic (exact) mass is 358 g/mol. The molecule has 1 saturated heterocycles. The maximum absolute atomic E-state index is 13.4. The van der Waals surface area contributed by atoms with E-state index in [1.54, 1.807) is 9.58 Å². The Balaban J connectivity index is 1.72. The van der Waals surface area contributed by atoms with Crippen LogP contribution in [0, 0.1) is 12.8 Å². The van der Waals surface area contributed by atoms with Gasteiger partial charge in [-0.2, -0.15) is 5.10 Å². The molecule has 7 heteroatoms. The number of pyridine rings is 1. The Labute approximate surface area is 153 Å². The van der Waals surface area contributed by atoms with Crippen molar-refractivity contribution < 1.29 is 14.6 Å². The molecule has 1 aliphatic carbocycles. The number of nitrogens with zero attached hydrogens (tertiary/aromatic N) is 4. The molecule has 2 fully saturated rings. The zero-order chi connectivity index (χ0) is 18.4. The number of aromatic nitrogens is 3. The molecule has 2 aliphatic rings. The van der Waals surface area contributed by atoms with Gasteiger partial charge in [-0.05, 0) is 32.8 Å². The van der Waals surface area contributed by atoms with Crippen molar-refractivity contribution in [2.24, 2.45) is 13.0 Å². The molecule has 0 spiro atoms. The van der Waals surface area contributed by atoms with E-state index in [2.05, 4.69) is 5.10 Å². The lowest BCUT2D eigenvalue weighted by Gasteiger charge is -2.17. The van der Waals surface area contributed by atoms with Crippen LogP contribution in [0.25, 0.3) is 11.0 Å². The number of amides is 1. The van der Waals surface area contributed by atoms with Gasteiger partial charge in [0.15, 0.2) is 5.65 Å². The maximum Gasteiger partial charge on any atom is 0.254 e. The number of likely N-dealkylation sites (tertiary alicyclic amines) is 1. The molecule has 0 bridgehead atoms. The quantitative estimate of drug-likeness (QED) is 0.879. The number of rotatable bonds is 5. The summed E-state index contributed by atoms with van der Waals surface area (Å²) < 4.78 is 7.49. The molecule has 2 unspecified atom stereocenters. The van der Waals surface area contributed by atoms with Crippen LogP contribution in [0.5, 0.6) is 0 Å². The molecule has 1 amide bonds. The van der Waals surface area contributed by atoms with Crippen molar-refractivity contribution in [3.63, 3.8) is 0 Å². The van der Waals surface area contributed by atoms with Crippen LogP contribution in [0.1, 0.15) is 47.4 Å². The van der Waals surface area contributed by atoms with Crippen molar-refractivity contribution in [2.75, 3.05) is 26.3 Å². The van der Waals surface area contributed by atoms with Gasteiger partial charge in [0.2, 0.25) is 0 Å². The summed E-state index contributed by atoms with van der Waals surface area (Å²) in [7, 11) is 1.87. The minimum absolute atomic E-state index is 0.0175. The van der Waals surface area contributed by atoms with E-state index >= 15 is 0 Å². The molecule has 0 radical (unpaired) electrons. The molecule has 1 saturated carbocycles. The second-order valence-corrected chi connectivity index (χ2v) is 7.42. The fraction of sp³-hybridized carbons (Fsp3) is 0.632. The number of aryl methyl sites for hydroxylation is 2. The Morgan fingerprint density at radius 3 is 2.81 bits per heavy atom. The summed E-state index contributed by atoms with van der Waals surface area (Å²) in [6, 6.07) is 1.96. The normalized spacial score (nSPS) is 23.2. The molecule has 1 aliphatic heterocycles. The summed E-state index contributed by atoms with van der Waals surface area (Å²) in [5.41, 5.74) is 3.26. The smallest absolute Gasteiger partial charge is 0.254 e. The Hall–Kier alpha value is -1.99. The highest BCUT2D eigenvalue weighted by Gasteiger charge is 2.37. The van der Waals surface area contributed by atoms with Gasteiger partial charge in [-0.25, -0.2) is 4.98 Å². The Kier molecular flexibility index (Phi) is 4.44. The number of hydrogen-bond acceptors (Lipinski definition) is 5. The van der Waals surface area contributed by atoms with Gasteiger partial charge in [-0.15, -0.1) is 0 Å². The van der Waals surface area contributed by atoms with Gasteiger partial charge in [-0.1, -0.05) is 0 Å². The van der Waals surface area contributed by atoms with Crippen molar-refractivity contribution in [1.29, 1.82) is 0 Å². The molecule has 4 rings (SSSR count). The number of carbonyl (C=O) groups is 1. The lowest BCUT2D eigenvalue weighted by molar-refractivity contribution is 0.0258. The summed E-state index contributed by atoms with van der Waals surface area (Å²) in [6.07, 6.45) is 2.15. The molecule has 7 nitrogen and oxygen atoms in total. The molecule has 1 N–H and O–H groups in total. The topological polar surface area (TPSA) is 80.5 Å². The molecular weight excluding hydrogens is 332 g/mol. The summed E-state index contributed by atoms with van der Waals surface area (Å²) in [5.74, 6) is 0.409. The second-order valence-electron chi connectivity index (χ2n) is 7.42. The third-order valence-corrected chi connectivity index (χ3v) is 5.50. The number of ether oxygens (including phenoxy) is 1. The summed E-state index contributed by atoms with van der Waals surface area (Å²) >= 11 is 0. The van der Waals surface area contributed by atoms with E-state index in [0.717, 1.165) is 35.3 Å². The summed E-state index contributed by atoms with van der Waals surface area (Å²) in [5, 5.41) is 14.9. The van der Waals surface area contributed by atoms with Crippen LogP contribution in [0.3, 0.4) is 0 Å². The zero-order valence-corrected chi connectivity index (χ0v) is 15.6. The summed E-state index contributed by atoms with van der Waals surface area (Å²) in [4.78, 5) is 19.9. The number of aliphatic hydroxyl groups excluding tert-OH is 1. The van der Waals surface area contributed by atoms with Gasteiger partial charge in [0.25, 0.3) is 5.91 Å². The van der Waals surface area contributed by atoms with E-state index in [0.29, 0.717) is 31.2 Å². The van der Waals surface area contributed by atoms with E-state index in [1.807, 2.05) is 27.0 Å². The summed E-state index contributed by atoms with van der Waals surface area (Å²) in [6.45, 7) is 5.49. The fourth-order valence-corrected chi connectivity index (χ4v) is 3.98. The number of hydrogen-bond donors (Lipinski definition) is 1. The average molecular weight is 358 g/mol. The lowest BCUT2D eigenvalue weighted by Crippen LogP contribution is -2.30. The van der Waals surface area contributed by atoms with Crippen LogP contribution in [-0.4, -0.2) is 63.1 Å². The molecule has 3 heterocycles. The lowest BCUT2D eigenvalue weighted by atomic mass is 10.1. The minimum Gasteiger partial charge on any atom is -0.396 e.